The summed E-state index contributed by atoms with van der Waals surface area (Å²) in [4.78, 5) is 58.7. The predicted octanol–water partition coefficient (Wildman–Crippen LogP) is 7.19. The molecule has 16 heteroatoms. The molecular formula is C33H16F8N2O6. The molecule has 0 fully saturated rings. The van der Waals surface area contributed by atoms with Crippen LogP contribution >= 0.6 is 0 Å². The fourth-order valence-electron chi connectivity index (χ4n) is 5.30. The molecule has 2 heterocycles. The second kappa shape index (κ2) is 12.4. The molecule has 0 saturated carbocycles. The number of halogens is 8. The second-order valence-corrected chi connectivity index (χ2v) is 10.4. The number of imide groups is 2. The topological polar surface area (TPSA) is 93.2 Å². The van der Waals surface area contributed by atoms with Crippen LogP contribution in [0.4, 0.5) is 35.1 Å². The molecule has 0 aromatic heterocycles. The zero-order valence-electron chi connectivity index (χ0n) is 24.2. The van der Waals surface area contributed by atoms with E-state index in [9.17, 15) is 54.3 Å². The van der Waals surface area contributed by atoms with Crippen LogP contribution in [-0.2, 0) is 16.3 Å². The van der Waals surface area contributed by atoms with E-state index in [1.165, 1.54) is 24.3 Å². The van der Waals surface area contributed by atoms with Crippen LogP contribution in [0, 0.1) is 29.1 Å². The molecule has 8 nitrogen and oxygen atoms in total. The van der Waals surface area contributed by atoms with Gasteiger partial charge in [-0.3, -0.25) is 28.9 Å². The van der Waals surface area contributed by atoms with Gasteiger partial charge in [-0.25, -0.2) is 22.0 Å². The summed E-state index contributed by atoms with van der Waals surface area (Å²) in [5.74, 6) is -14.4. The lowest BCUT2D eigenvalue weighted by molar-refractivity contribution is -0.219. The number of carbonyl (C=O) groups is 4. The zero-order valence-corrected chi connectivity index (χ0v) is 24.2. The van der Waals surface area contributed by atoms with Gasteiger partial charge in [0.25, 0.3) is 23.6 Å². The van der Waals surface area contributed by atoms with Gasteiger partial charge in [0.15, 0.2) is 29.9 Å². The summed E-state index contributed by atoms with van der Waals surface area (Å²) >= 11 is 0. The molecule has 0 bridgehead atoms. The van der Waals surface area contributed by atoms with Crippen LogP contribution in [0.25, 0.3) is 21.5 Å². The molecule has 0 radical (unpaired) electrons. The van der Waals surface area contributed by atoms with Gasteiger partial charge in [-0.1, -0.05) is 48.5 Å². The summed E-state index contributed by atoms with van der Waals surface area (Å²) < 4.78 is 104. The minimum atomic E-state index is -4.64. The largest absolute Gasteiger partial charge is 0.414 e. The Morgan fingerprint density at radius 2 is 0.816 bits per heavy atom. The maximum absolute atomic E-state index is 13.8. The lowest BCUT2D eigenvalue weighted by Crippen LogP contribution is -2.42. The maximum atomic E-state index is 13.8. The minimum Gasteiger partial charge on any atom is -0.266 e. The molecule has 2 aliphatic heterocycles. The van der Waals surface area contributed by atoms with E-state index in [0.717, 1.165) is 0 Å². The Kier molecular flexibility index (Phi) is 8.37. The third-order valence-corrected chi connectivity index (χ3v) is 7.46. The first-order valence-corrected chi connectivity index (χ1v) is 13.8. The summed E-state index contributed by atoms with van der Waals surface area (Å²) in [5.41, 5.74) is -0.806. The fraction of sp³-hybridized carbons (Fsp3) is 0.0909. The van der Waals surface area contributed by atoms with Crippen molar-refractivity contribution in [2.24, 2.45) is 0 Å². The van der Waals surface area contributed by atoms with Crippen molar-refractivity contribution >= 4 is 45.2 Å². The zero-order chi connectivity index (χ0) is 35.4. The first-order chi connectivity index (χ1) is 23.2. The van der Waals surface area contributed by atoms with Gasteiger partial charge in [0.1, 0.15) is 6.61 Å². The molecule has 0 atom stereocenters. The Balaban J connectivity index is 0.000000177. The average molecular weight is 688 g/mol. The van der Waals surface area contributed by atoms with E-state index in [4.69, 9.17) is 4.84 Å². The number of amides is 4. The number of benzene rings is 5. The van der Waals surface area contributed by atoms with Gasteiger partial charge < -0.3 is 0 Å². The summed E-state index contributed by atoms with van der Waals surface area (Å²) in [6, 6.07) is 18.9. The average Bonchev–Trinajstić information content (AvgIpc) is 3.08. The number of alkyl halides is 3. The van der Waals surface area contributed by atoms with Crippen LogP contribution in [0.2, 0.25) is 0 Å². The van der Waals surface area contributed by atoms with Crippen molar-refractivity contribution in [2.45, 2.75) is 12.8 Å². The SMILES string of the molecule is O=C1c2cccc3cccc(c23)C(=O)N1OCC(F)(F)F.O=C1c2cccc3cccc(c23)C(=O)N1OCc1c(F)c(F)c(F)c(F)c1F. The molecule has 250 valence electrons. The first-order valence-electron chi connectivity index (χ1n) is 13.8. The molecule has 0 N–H and O–H groups in total. The van der Waals surface area contributed by atoms with E-state index in [-0.39, 0.29) is 32.4 Å². The number of rotatable bonds is 5. The molecule has 0 unspecified atom stereocenters. The first kappa shape index (κ1) is 33.2. The van der Waals surface area contributed by atoms with E-state index >= 15 is 0 Å². The van der Waals surface area contributed by atoms with Gasteiger partial charge in [0.2, 0.25) is 5.82 Å². The summed E-state index contributed by atoms with van der Waals surface area (Å²) in [5, 5.41) is 2.52. The van der Waals surface area contributed by atoms with E-state index in [2.05, 4.69) is 4.84 Å². The van der Waals surface area contributed by atoms with Crippen LogP contribution in [0.1, 0.15) is 47.0 Å². The van der Waals surface area contributed by atoms with Crippen LogP contribution in [0.15, 0.2) is 72.8 Å². The van der Waals surface area contributed by atoms with Crippen molar-refractivity contribution in [1.82, 2.24) is 10.1 Å². The van der Waals surface area contributed by atoms with Crippen molar-refractivity contribution in [3.63, 3.8) is 0 Å². The minimum absolute atomic E-state index is 0.102. The van der Waals surface area contributed by atoms with Crippen molar-refractivity contribution < 1.29 is 64.0 Å². The summed E-state index contributed by atoms with van der Waals surface area (Å²) in [6.45, 7) is -2.93. The van der Waals surface area contributed by atoms with Crippen LogP contribution < -0.4 is 0 Å². The van der Waals surface area contributed by atoms with Crippen molar-refractivity contribution in [1.29, 1.82) is 0 Å². The van der Waals surface area contributed by atoms with Gasteiger partial charge >= 0.3 is 6.18 Å². The van der Waals surface area contributed by atoms with Gasteiger partial charge in [-0.2, -0.15) is 13.2 Å². The van der Waals surface area contributed by atoms with E-state index in [1.807, 2.05) is 0 Å². The lowest BCUT2D eigenvalue weighted by atomic mass is 9.95. The van der Waals surface area contributed by atoms with E-state index < -0.39 is 77.7 Å². The number of hydrogen-bond donors (Lipinski definition) is 0. The third-order valence-electron chi connectivity index (χ3n) is 7.46. The predicted molar refractivity (Wildman–Crippen MR) is 152 cm³/mol. The van der Waals surface area contributed by atoms with E-state index in [0.29, 0.717) is 21.5 Å². The Hall–Kier alpha value is -5.74. The fourth-order valence-corrected chi connectivity index (χ4v) is 5.30. The smallest absolute Gasteiger partial charge is 0.266 e. The number of carbonyl (C=O) groups excluding carboxylic acids is 4. The molecule has 5 aromatic rings. The highest BCUT2D eigenvalue weighted by molar-refractivity contribution is 6.25. The second-order valence-electron chi connectivity index (χ2n) is 10.4. The van der Waals surface area contributed by atoms with Crippen molar-refractivity contribution in [3.05, 3.63) is 130 Å². The Labute approximate surface area is 268 Å². The van der Waals surface area contributed by atoms with Crippen molar-refractivity contribution in [2.75, 3.05) is 6.61 Å². The van der Waals surface area contributed by atoms with E-state index in [1.54, 1.807) is 48.5 Å². The van der Waals surface area contributed by atoms with Gasteiger partial charge in [0, 0.05) is 10.8 Å². The molecule has 49 heavy (non-hydrogen) atoms. The Morgan fingerprint density at radius 3 is 1.16 bits per heavy atom. The molecule has 4 amide bonds. The van der Waals surface area contributed by atoms with Gasteiger partial charge in [-0.15, -0.1) is 10.1 Å². The highest BCUT2D eigenvalue weighted by Gasteiger charge is 2.38. The number of hydroxylamine groups is 4. The molecule has 5 aromatic carbocycles. The summed E-state index contributed by atoms with van der Waals surface area (Å²) in [6.07, 6.45) is -4.64. The van der Waals surface area contributed by atoms with Gasteiger partial charge in [0.05, 0.1) is 27.8 Å². The Bertz CT molecular complexity index is 2110. The van der Waals surface area contributed by atoms with Crippen LogP contribution in [-0.4, -0.2) is 46.5 Å². The molecular weight excluding hydrogens is 672 g/mol. The third kappa shape index (κ3) is 5.74. The molecule has 0 saturated heterocycles. The molecule has 0 spiro atoms. The summed E-state index contributed by atoms with van der Waals surface area (Å²) in [7, 11) is 0. The van der Waals surface area contributed by atoms with Gasteiger partial charge in [-0.05, 0) is 35.0 Å². The Morgan fingerprint density at radius 1 is 0.490 bits per heavy atom. The van der Waals surface area contributed by atoms with Crippen molar-refractivity contribution in [3.8, 4) is 0 Å². The number of nitrogens with zero attached hydrogens (tertiary/aromatic N) is 2. The molecule has 7 rings (SSSR count). The molecule has 0 aliphatic carbocycles. The standard InChI is InChI=1S/C19H8F5NO3.C14H8F3NO3/c20-13-11(14(21)16(23)17(24)15(13)22)7-28-25-18(26)9-5-1-3-8-4-2-6-10(12(8)9)19(25)27;15-14(16,17)7-21-18-12(19)9-5-1-3-8-4-2-6-10(11(8)9)13(18)20/h1-6H,7H2;1-6H,7H2. The number of hydrogen-bond acceptors (Lipinski definition) is 6. The highest BCUT2D eigenvalue weighted by Crippen LogP contribution is 2.32. The van der Waals surface area contributed by atoms with Crippen LogP contribution in [0.3, 0.4) is 0 Å². The maximum Gasteiger partial charge on any atom is 0.414 e. The van der Waals surface area contributed by atoms with Crippen LogP contribution in [0.5, 0.6) is 0 Å². The normalized spacial score (nSPS) is 14.1. The molecule has 2 aliphatic rings. The lowest BCUT2D eigenvalue weighted by Gasteiger charge is -2.26. The highest BCUT2D eigenvalue weighted by atomic mass is 19.4. The quantitative estimate of drug-likeness (QED) is 0.0840. The monoisotopic (exact) mass is 688 g/mol.